The monoisotopic (exact) mass is 426 g/mol. The highest BCUT2D eigenvalue weighted by Gasteiger charge is 2.18. The number of hydrogen-bond acceptors (Lipinski definition) is 4. The van der Waals surface area contributed by atoms with Crippen LogP contribution in [0.4, 0.5) is 17.1 Å². The molecule has 0 radical (unpaired) electrons. The molecule has 0 atom stereocenters. The van der Waals surface area contributed by atoms with E-state index in [1.165, 1.54) is 5.69 Å². The first-order chi connectivity index (χ1) is 15.5. The summed E-state index contributed by atoms with van der Waals surface area (Å²) >= 11 is 0. The van der Waals surface area contributed by atoms with Crippen LogP contribution >= 0.6 is 0 Å². The van der Waals surface area contributed by atoms with E-state index in [1.54, 1.807) is 7.11 Å². The third-order valence-electron chi connectivity index (χ3n) is 5.56. The molecule has 0 aliphatic carbocycles. The zero-order valence-corrected chi connectivity index (χ0v) is 19.1. The fraction of sp³-hybridized carbons (Fsp3) is 0.192. The zero-order chi connectivity index (χ0) is 22.7. The van der Waals surface area contributed by atoms with E-state index < -0.39 is 0 Å². The van der Waals surface area contributed by atoms with Crippen LogP contribution in [0.15, 0.2) is 77.0 Å². The van der Waals surface area contributed by atoms with Crippen LogP contribution < -0.4 is 14.2 Å². The molecule has 6 nitrogen and oxygen atoms in total. The number of aromatic nitrogens is 2. The second kappa shape index (κ2) is 9.06. The van der Waals surface area contributed by atoms with Crippen LogP contribution in [0.3, 0.4) is 0 Å². The van der Waals surface area contributed by atoms with Gasteiger partial charge in [0.2, 0.25) is 0 Å². The first kappa shape index (κ1) is 21.3. The molecular formula is C26H28N5O+. The summed E-state index contributed by atoms with van der Waals surface area (Å²) in [5.74, 6) is 1.90. The molecule has 0 saturated heterocycles. The van der Waals surface area contributed by atoms with E-state index in [-0.39, 0.29) is 0 Å². The van der Waals surface area contributed by atoms with Gasteiger partial charge in [0.05, 0.1) is 32.6 Å². The molecule has 4 aromatic rings. The molecule has 0 bridgehead atoms. The fourth-order valence-electron chi connectivity index (χ4n) is 3.64. The van der Waals surface area contributed by atoms with E-state index in [9.17, 15) is 0 Å². The number of benzene rings is 3. The minimum atomic E-state index is 0.784. The predicted octanol–water partition coefficient (Wildman–Crippen LogP) is 5.66. The normalized spacial score (nSPS) is 11.7. The van der Waals surface area contributed by atoms with E-state index in [0.29, 0.717) is 0 Å². The number of rotatable bonds is 6. The summed E-state index contributed by atoms with van der Waals surface area (Å²) in [5.41, 5.74) is 6.18. The SMILES string of the molecule is COc1ccc(N=Nc2ccc3c(c2)n(C)c(C=Cc2ccc(N(C)C)cc2)[n+]3C)cc1. The van der Waals surface area contributed by atoms with Gasteiger partial charge in [-0.1, -0.05) is 12.1 Å². The maximum absolute atomic E-state index is 5.18. The molecule has 4 rings (SSSR count). The van der Waals surface area contributed by atoms with Gasteiger partial charge in [-0.05, 0) is 60.2 Å². The Hall–Kier alpha value is -3.93. The Morgan fingerprint density at radius 2 is 1.53 bits per heavy atom. The first-order valence-electron chi connectivity index (χ1n) is 10.5. The van der Waals surface area contributed by atoms with Crippen molar-refractivity contribution in [1.82, 2.24) is 4.57 Å². The van der Waals surface area contributed by atoms with Crippen molar-refractivity contribution >= 4 is 40.2 Å². The quantitative estimate of drug-likeness (QED) is 0.295. The molecule has 0 amide bonds. The Balaban J connectivity index is 1.60. The number of azo groups is 1. The largest absolute Gasteiger partial charge is 0.497 e. The average Bonchev–Trinajstić information content (AvgIpc) is 3.06. The van der Waals surface area contributed by atoms with E-state index in [2.05, 4.69) is 86.9 Å². The maximum Gasteiger partial charge on any atom is 0.281 e. The minimum Gasteiger partial charge on any atom is -0.497 e. The Kier molecular flexibility index (Phi) is 6.03. The van der Waals surface area contributed by atoms with Gasteiger partial charge in [-0.25, -0.2) is 9.13 Å². The third-order valence-corrected chi connectivity index (χ3v) is 5.56. The van der Waals surface area contributed by atoms with Crippen molar-refractivity contribution in [3.05, 3.63) is 78.1 Å². The summed E-state index contributed by atoms with van der Waals surface area (Å²) in [4.78, 5) is 2.10. The van der Waals surface area contributed by atoms with Crippen LogP contribution in [-0.2, 0) is 14.1 Å². The number of methoxy groups -OCH3 is 1. The van der Waals surface area contributed by atoms with Gasteiger partial charge in [0, 0.05) is 31.9 Å². The molecule has 0 spiro atoms. The van der Waals surface area contributed by atoms with Gasteiger partial charge in [0.25, 0.3) is 5.82 Å². The topological polar surface area (TPSA) is 46.0 Å². The molecule has 1 aromatic heterocycles. The Bertz CT molecular complexity index is 1280. The molecule has 0 fully saturated rings. The Morgan fingerprint density at radius 3 is 2.19 bits per heavy atom. The summed E-state index contributed by atoms with van der Waals surface area (Å²) in [7, 11) is 9.89. The van der Waals surface area contributed by atoms with E-state index in [1.807, 2.05) is 44.4 Å². The minimum absolute atomic E-state index is 0.784. The zero-order valence-electron chi connectivity index (χ0n) is 19.1. The lowest BCUT2D eigenvalue weighted by molar-refractivity contribution is -0.647. The lowest BCUT2D eigenvalue weighted by atomic mass is 10.2. The summed E-state index contributed by atoms with van der Waals surface area (Å²) < 4.78 is 9.54. The predicted molar refractivity (Wildman–Crippen MR) is 131 cm³/mol. The van der Waals surface area contributed by atoms with Crippen LogP contribution in [0.2, 0.25) is 0 Å². The first-order valence-corrected chi connectivity index (χ1v) is 10.5. The van der Waals surface area contributed by atoms with E-state index >= 15 is 0 Å². The number of anilines is 1. The van der Waals surface area contributed by atoms with Crippen molar-refractivity contribution in [1.29, 1.82) is 0 Å². The standard InChI is InChI=1S/C26H28N5O/c1-29(2)22-12-6-19(7-13-22)8-17-26-30(3)24-16-11-21(18-25(24)31(26)4)28-27-20-9-14-23(32-5)15-10-20/h6-18H,1-5H3/q+1. The number of hydrogen-bond donors (Lipinski definition) is 0. The Morgan fingerprint density at radius 1 is 0.875 bits per heavy atom. The van der Waals surface area contributed by atoms with Gasteiger partial charge >= 0.3 is 0 Å². The third kappa shape index (κ3) is 4.39. The van der Waals surface area contributed by atoms with E-state index in [4.69, 9.17) is 4.74 Å². The summed E-state index contributed by atoms with van der Waals surface area (Å²) in [6, 6.07) is 22.2. The number of imidazole rings is 1. The lowest BCUT2D eigenvalue weighted by Gasteiger charge is -2.11. The number of ether oxygens (including phenoxy) is 1. The summed E-state index contributed by atoms with van der Waals surface area (Å²) in [6.45, 7) is 0. The van der Waals surface area contributed by atoms with Gasteiger partial charge < -0.3 is 9.64 Å². The van der Waals surface area contributed by atoms with Gasteiger partial charge in [-0.3, -0.25) is 0 Å². The highest BCUT2D eigenvalue weighted by atomic mass is 16.5. The molecule has 1 heterocycles. The van der Waals surface area contributed by atoms with Crippen molar-refractivity contribution in [2.45, 2.75) is 0 Å². The Labute approximate surface area is 188 Å². The molecule has 0 aliphatic rings. The van der Waals surface area contributed by atoms with Crippen LogP contribution in [0.5, 0.6) is 5.75 Å². The number of nitrogens with zero attached hydrogens (tertiary/aromatic N) is 5. The van der Waals surface area contributed by atoms with Gasteiger partial charge in [0.15, 0.2) is 11.0 Å². The molecule has 0 aliphatic heterocycles. The molecule has 0 N–H and O–H groups in total. The van der Waals surface area contributed by atoms with Gasteiger partial charge in [-0.15, -0.1) is 0 Å². The maximum atomic E-state index is 5.18. The van der Waals surface area contributed by atoms with Crippen LogP contribution in [-0.4, -0.2) is 25.8 Å². The second-order valence-corrected chi connectivity index (χ2v) is 7.87. The molecule has 32 heavy (non-hydrogen) atoms. The molecule has 0 saturated carbocycles. The highest BCUT2D eigenvalue weighted by molar-refractivity contribution is 5.79. The van der Waals surface area contributed by atoms with Crippen LogP contribution in [0, 0.1) is 0 Å². The second-order valence-electron chi connectivity index (χ2n) is 7.87. The number of fused-ring (bicyclic) bond motifs is 1. The summed E-state index contributed by atoms with van der Waals surface area (Å²) in [5, 5.41) is 8.77. The average molecular weight is 427 g/mol. The van der Waals surface area contributed by atoms with E-state index in [0.717, 1.165) is 39.5 Å². The molecule has 0 unspecified atom stereocenters. The van der Waals surface area contributed by atoms with Crippen molar-refractivity contribution in [3.63, 3.8) is 0 Å². The van der Waals surface area contributed by atoms with Crippen molar-refractivity contribution in [2.75, 3.05) is 26.1 Å². The number of aryl methyl sites for hydroxylation is 2. The molecule has 6 heteroatoms. The van der Waals surface area contributed by atoms with Gasteiger partial charge in [0.1, 0.15) is 5.75 Å². The van der Waals surface area contributed by atoms with Crippen LogP contribution in [0.1, 0.15) is 11.4 Å². The van der Waals surface area contributed by atoms with Crippen LogP contribution in [0.25, 0.3) is 23.2 Å². The fourth-order valence-corrected chi connectivity index (χ4v) is 3.64. The lowest BCUT2D eigenvalue weighted by Crippen LogP contribution is -2.30. The molecule has 3 aromatic carbocycles. The highest BCUT2D eigenvalue weighted by Crippen LogP contribution is 2.25. The van der Waals surface area contributed by atoms with Gasteiger partial charge in [-0.2, -0.15) is 10.2 Å². The van der Waals surface area contributed by atoms with Crippen molar-refractivity contribution < 1.29 is 9.30 Å². The van der Waals surface area contributed by atoms with Crippen molar-refractivity contribution in [3.8, 4) is 5.75 Å². The summed E-state index contributed by atoms with van der Waals surface area (Å²) in [6.07, 6.45) is 4.28. The van der Waals surface area contributed by atoms with Crippen molar-refractivity contribution in [2.24, 2.45) is 24.3 Å². The molecular weight excluding hydrogens is 398 g/mol. The molecule has 162 valence electrons. The smallest absolute Gasteiger partial charge is 0.281 e.